The zero-order valence-corrected chi connectivity index (χ0v) is 9.84. The second-order valence-electron chi connectivity index (χ2n) is 3.52. The normalized spacial score (nSPS) is 9.83. The molecule has 0 spiro atoms. The van der Waals surface area contributed by atoms with Crippen molar-refractivity contribution in [2.75, 3.05) is 17.7 Å². The van der Waals surface area contributed by atoms with Gasteiger partial charge in [0, 0.05) is 11.4 Å². The van der Waals surface area contributed by atoms with Gasteiger partial charge in [-0.1, -0.05) is 6.07 Å². The van der Waals surface area contributed by atoms with Crippen LogP contribution >= 0.6 is 0 Å². The minimum absolute atomic E-state index is 0.498. The van der Waals surface area contributed by atoms with Gasteiger partial charge in [0.2, 0.25) is 0 Å². The number of nitrogens with zero attached hydrogens (tertiary/aromatic N) is 1. The molecule has 0 aliphatic rings. The SMILES string of the molecule is COC(=O)Nc1cccc(NCc2cnco2)c1. The summed E-state index contributed by atoms with van der Waals surface area (Å²) in [5, 5.41) is 5.74. The van der Waals surface area contributed by atoms with Crippen LogP contribution in [0.15, 0.2) is 41.3 Å². The molecule has 0 unspecified atom stereocenters. The first kappa shape index (κ1) is 12.0. The molecule has 0 bridgehead atoms. The molecule has 2 N–H and O–H groups in total. The van der Waals surface area contributed by atoms with Crippen molar-refractivity contribution < 1.29 is 13.9 Å². The molecule has 1 aromatic carbocycles. The Morgan fingerprint density at radius 3 is 3.00 bits per heavy atom. The van der Waals surface area contributed by atoms with Gasteiger partial charge in [-0.15, -0.1) is 0 Å². The van der Waals surface area contributed by atoms with Crippen molar-refractivity contribution in [3.8, 4) is 0 Å². The van der Waals surface area contributed by atoms with E-state index in [-0.39, 0.29) is 0 Å². The van der Waals surface area contributed by atoms with Crippen molar-refractivity contribution in [1.82, 2.24) is 4.98 Å². The largest absolute Gasteiger partial charge is 0.453 e. The molecule has 0 saturated carbocycles. The van der Waals surface area contributed by atoms with Gasteiger partial charge in [0.25, 0.3) is 0 Å². The number of methoxy groups -OCH3 is 1. The number of benzene rings is 1. The highest BCUT2D eigenvalue weighted by Crippen LogP contribution is 2.16. The second kappa shape index (κ2) is 5.72. The fourth-order valence-electron chi connectivity index (χ4n) is 1.39. The number of hydrogen-bond acceptors (Lipinski definition) is 5. The molecule has 0 aliphatic heterocycles. The number of oxazole rings is 1. The van der Waals surface area contributed by atoms with Gasteiger partial charge < -0.3 is 14.5 Å². The third-order valence-corrected chi connectivity index (χ3v) is 2.24. The van der Waals surface area contributed by atoms with Gasteiger partial charge in [-0.2, -0.15) is 0 Å². The molecule has 6 nitrogen and oxygen atoms in total. The van der Waals surface area contributed by atoms with E-state index in [0.717, 1.165) is 11.4 Å². The van der Waals surface area contributed by atoms with Crippen LogP contribution in [0.4, 0.5) is 16.2 Å². The monoisotopic (exact) mass is 247 g/mol. The summed E-state index contributed by atoms with van der Waals surface area (Å²) in [4.78, 5) is 14.9. The van der Waals surface area contributed by atoms with Crippen LogP contribution in [0, 0.1) is 0 Å². The fraction of sp³-hybridized carbons (Fsp3) is 0.167. The molecule has 0 fully saturated rings. The second-order valence-corrected chi connectivity index (χ2v) is 3.52. The van der Waals surface area contributed by atoms with Crippen molar-refractivity contribution in [3.63, 3.8) is 0 Å². The van der Waals surface area contributed by atoms with Crippen LogP contribution in [0.25, 0.3) is 0 Å². The van der Waals surface area contributed by atoms with Gasteiger partial charge in [-0.05, 0) is 18.2 Å². The molecular formula is C12H13N3O3. The molecule has 1 amide bonds. The smallest absolute Gasteiger partial charge is 0.411 e. The predicted molar refractivity (Wildman–Crippen MR) is 66.3 cm³/mol. The van der Waals surface area contributed by atoms with E-state index in [1.807, 2.05) is 12.1 Å². The summed E-state index contributed by atoms with van der Waals surface area (Å²) in [6.07, 6.45) is 2.53. The Morgan fingerprint density at radius 2 is 2.28 bits per heavy atom. The van der Waals surface area contributed by atoms with Crippen LogP contribution in [0.3, 0.4) is 0 Å². The van der Waals surface area contributed by atoms with Crippen LogP contribution < -0.4 is 10.6 Å². The minimum Gasteiger partial charge on any atom is -0.453 e. The maximum Gasteiger partial charge on any atom is 0.411 e. The number of rotatable bonds is 4. The van der Waals surface area contributed by atoms with Gasteiger partial charge in [0.15, 0.2) is 6.39 Å². The summed E-state index contributed by atoms with van der Waals surface area (Å²) >= 11 is 0. The lowest BCUT2D eigenvalue weighted by atomic mass is 10.2. The first-order chi connectivity index (χ1) is 8.78. The highest BCUT2D eigenvalue weighted by atomic mass is 16.5. The predicted octanol–water partition coefficient (Wildman–Crippen LogP) is 2.46. The van der Waals surface area contributed by atoms with Crippen LogP contribution in [-0.4, -0.2) is 18.2 Å². The summed E-state index contributed by atoms with van der Waals surface area (Å²) < 4.78 is 9.62. The van der Waals surface area contributed by atoms with Crippen LogP contribution in [0.2, 0.25) is 0 Å². The Balaban J connectivity index is 1.96. The lowest BCUT2D eigenvalue weighted by Gasteiger charge is -2.07. The molecule has 6 heteroatoms. The van der Waals surface area contributed by atoms with Gasteiger partial charge in [-0.25, -0.2) is 9.78 Å². The minimum atomic E-state index is -0.498. The van der Waals surface area contributed by atoms with Crippen LogP contribution in [0.1, 0.15) is 5.76 Å². The third kappa shape index (κ3) is 3.24. The van der Waals surface area contributed by atoms with E-state index < -0.39 is 6.09 Å². The van der Waals surface area contributed by atoms with E-state index >= 15 is 0 Å². The number of carbonyl (C=O) groups excluding carboxylic acids is 1. The van der Waals surface area contributed by atoms with Gasteiger partial charge in [-0.3, -0.25) is 5.32 Å². The van der Waals surface area contributed by atoms with Crippen LogP contribution in [-0.2, 0) is 11.3 Å². The van der Waals surface area contributed by atoms with E-state index in [2.05, 4.69) is 20.4 Å². The first-order valence-electron chi connectivity index (χ1n) is 5.34. The number of carbonyl (C=O) groups is 1. The Hall–Kier alpha value is -2.50. The Labute approximate surface area is 104 Å². The van der Waals surface area contributed by atoms with E-state index in [9.17, 15) is 4.79 Å². The quantitative estimate of drug-likeness (QED) is 0.867. The zero-order chi connectivity index (χ0) is 12.8. The van der Waals surface area contributed by atoms with Crippen molar-refractivity contribution in [3.05, 3.63) is 42.6 Å². The number of ether oxygens (including phenoxy) is 1. The summed E-state index contributed by atoms with van der Waals surface area (Å²) in [6, 6.07) is 7.29. The van der Waals surface area contributed by atoms with E-state index in [1.54, 1.807) is 18.3 Å². The lowest BCUT2D eigenvalue weighted by Crippen LogP contribution is -2.11. The third-order valence-electron chi connectivity index (χ3n) is 2.24. The Kier molecular flexibility index (Phi) is 3.80. The van der Waals surface area contributed by atoms with Crippen molar-refractivity contribution in [2.45, 2.75) is 6.54 Å². The molecular weight excluding hydrogens is 234 g/mol. The molecule has 2 aromatic rings. The van der Waals surface area contributed by atoms with E-state index in [4.69, 9.17) is 4.42 Å². The van der Waals surface area contributed by atoms with E-state index in [1.165, 1.54) is 13.5 Å². The van der Waals surface area contributed by atoms with Crippen molar-refractivity contribution in [1.29, 1.82) is 0 Å². The topological polar surface area (TPSA) is 76.4 Å². The molecule has 0 radical (unpaired) electrons. The summed E-state index contributed by atoms with van der Waals surface area (Å²) in [5.74, 6) is 0.737. The van der Waals surface area contributed by atoms with E-state index in [0.29, 0.717) is 12.2 Å². The molecule has 94 valence electrons. The van der Waals surface area contributed by atoms with Gasteiger partial charge in [0.05, 0.1) is 19.9 Å². The first-order valence-corrected chi connectivity index (χ1v) is 5.34. The number of anilines is 2. The number of amides is 1. The average molecular weight is 247 g/mol. The summed E-state index contributed by atoms with van der Waals surface area (Å²) in [5.41, 5.74) is 1.52. The number of hydrogen-bond donors (Lipinski definition) is 2. The number of nitrogens with one attached hydrogen (secondary N) is 2. The fourth-order valence-corrected chi connectivity index (χ4v) is 1.39. The summed E-state index contributed by atoms with van der Waals surface area (Å²) in [6.45, 7) is 0.529. The van der Waals surface area contributed by atoms with Crippen LogP contribution in [0.5, 0.6) is 0 Å². The standard InChI is InChI=1S/C12H13N3O3/c1-17-12(16)15-10-4-2-3-9(5-10)14-7-11-6-13-8-18-11/h2-6,8,14H,7H2,1H3,(H,15,16). The zero-order valence-electron chi connectivity index (χ0n) is 9.84. The lowest BCUT2D eigenvalue weighted by molar-refractivity contribution is 0.187. The van der Waals surface area contributed by atoms with Gasteiger partial charge in [0.1, 0.15) is 5.76 Å². The molecule has 0 atom stereocenters. The average Bonchev–Trinajstić information content (AvgIpc) is 2.90. The Morgan fingerprint density at radius 1 is 1.44 bits per heavy atom. The maximum absolute atomic E-state index is 11.1. The molecule has 1 aromatic heterocycles. The Bertz CT molecular complexity index is 511. The van der Waals surface area contributed by atoms with Crippen molar-refractivity contribution in [2.24, 2.45) is 0 Å². The molecule has 2 rings (SSSR count). The molecule has 18 heavy (non-hydrogen) atoms. The van der Waals surface area contributed by atoms with Crippen molar-refractivity contribution >= 4 is 17.5 Å². The highest BCUT2D eigenvalue weighted by Gasteiger charge is 2.02. The van der Waals surface area contributed by atoms with Gasteiger partial charge >= 0.3 is 6.09 Å². The highest BCUT2D eigenvalue weighted by molar-refractivity contribution is 5.85. The maximum atomic E-state index is 11.1. The molecule has 1 heterocycles. The molecule has 0 saturated heterocycles. The summed E-state index contributed by atoms with van der Waals surface area (Å²) in [7, 11) is 1.32. The number of aromatic nitrogens is 1. The molecule has 0 aliphatic carbocycles.